The van der Waals surface area contributed by atoms with Crippen molar-refractivity contribution in [1.29, 1.82) is 0 Å². The summed E-state index contributed by atoms with van der Waals surface area (Å²) in [7, 11) is 0. The smallest absolute Gasteiger partial charge is 0.263 e. The second-order valence-electron chi connectivity index (χ2n) is 10.6. The van der Waals surface area contributed by atoms with Gasteiger partial charge in [-0.05, 0) is 90.8 Å². The van der Waals surface area contributed by atoms with Crippen LogP contribution in [0.1, 0.15) is 69.3 Å². The lowest BCUT2D eigenvalue weighted by Gasteiger charge is -2.47. The molecule has 2 aliphatic heterocycles. The molecule has 1 aromatic carbocycles. The molecule has 1 N–H and O–H groups in total. The predicted molar refractivity (Wildman–Crippen MR) is 148 cm³/mol. The number of nitrogens with one attached hydrogen (secondary N) is 1. The monoisotopic (exact) mass is 534 g/mol. The van der Waals surface area contributed by atoms with Crippen molar-refractivity contribution in [3.8, 4) is 0 Å². The molecule has 2 amide bonds. The molecule has 0 radical (unpaired) electrons. The van der Waals surface area contributed by atoms with E-state index in [4.69, 9.17) is 11.6 Å². The molecule has 8 heteroatoms. The number of nitrogens with zero attached hydrogens (tertiary/aromatic N) is 3. The largest absolute Gasteiger partial charge is 0.370 e. The Morgan fingerprint density at radius 1 is 1.05 bits per heavy atom. The topological polar surface area (TPSA) is 65.5 Å². The van der Waals surface area contributed by atoms with Gasteiger partial charge in [-0.3, -0.25) is 14.6 Å². The summed E-state index contributed by atoms with van der Waals surface area (Å²) in [6.07, 6.45) is 9.95. The number of likely N-dealkylation sites (tertiary alicyclic amines) is 1. The number of hydrogen-bond donors (Lipinski definition) is 1. The van der Waals surface area contributed by atoms with Crippen LogP contribution in [-0.4, -0.2) is 47.9 Å². The SMILES string of the molecule is O=C(NC1CCc2ccc(C(=O)N3CCC4(CC3)CCN(c3cccnc3)CC4)cc21)c1sccc1Cl. The van der Waals surface area contributed by atoms with Crippen molar-refractivity contribution in [3.05, 3.63) is 80.8 Å². The van der Waals surface area contributed by atoms with Gasteiger partial charge in [-0.2, -0.15) is 0 Å². The summed E-state index contributed by atoms with van der Waals surface area (Å²) in [6.45, 7) is 3.71. The molecule has 37 heavy (non-hydrogen) atoms. The first-order chi connectivity index (χ1) is 18.0. The maximum absolute atomic E-state index is 13.5. The molecule has 1 unspecified atom stereocenters. The Hall–Kier alpha value is -2.90. The summed E-state index contributed by atoms with van der Waals surface area (Å²) < 4.78 is 0. The van der Waals surface area contributed by atoms with Gasteiger partial charge in [-0.25, -0.2) is 0 Å². The van der Waals surface area contributed by atoms with Crippen molar-refractivity contribution in [2.24, 2.45) is 5.41 Å². The summed E-state index contributed by atoms with van der Waals surface area (Å²) in [5.74, 6) is -0.0470. The van der Waals surface area contributed by atoms with E-state index in [1.807, 2.05) is 40.9 Å². The van der Waals surface area contributed by atoms with E-state index < -0.39 is 0 Å². The van der Waals surface area contributed by atoms with Gasteiger partial charge in [0, 0.05) is 37.9 Å². The molecule has 192 valence electrons. The number of rotatable bonds is 4. The second kappa shape index (κ2) is 10.1. The average molecular weight is 535 g/mol. The molecule has 0 bridgehead atoms. The number of amides is 2. The highest BCUT2D eigenvalue weighted by Crippen LogP contribution is 2.42. The van der Waals surface area contributed by atoms with Gasteiger partial charge in [0.2, 0.25) is 0 Å². The molecule has 4 heterocycles. The summed E-state index contributed by atoms with van der Waals surface area (Å²) in [5, 5.41) is 5.44. The molecule has 1 aliphatic carbocycles. The highest BCUT2D eigenvalue weighted by Gasteiger charge is 2.39. The van der Waals surface area contributed by atoms with Gasteiger partial charge < -0.3 is 15.1 Å². The van der Waals surface area contributed by atoms with Crippen LogP contribution in [0.2, 0.25) is 5.02 Å². The summed E-state index contributed by atoms with van der Waals surface area (Å²) in [4.78, 5) is 35.5. The lowest BCUT2D eigenvalue weighted by molar-refractivity contribution is 0.0515. The van der Waals surface area contributed by atoms with Crippen LogP contribution in [0, 0.1) is 5.41 Å². The Labute approximate surface area is 226 Å². The number of carbonyl (C=O) groups excluding carboxylic acids is 2. The van der Waals surface area contributed by atoms with Crippen molar-refractivity contribution in [2.75, 3.05) is 31.1 Å². The van der Waals surface area contributed by atoms with Crippen LogP contribution in [0.25, 0.3) is 0 Å². The van der Waals surface area contributed by atoms with E-state index in [9.17, 15) is 9.59 Å². The number of hydrogen-bond acceptors (Lipinski definition) is 5. The number of aromatic nitrogens is 1. The first kappa shape index (κ1) is 24.4. The summed E-state index contributed by atoms with van der Waals surface area (Å²) >= 11 is 7.50. The van der Waals surface area contributed by atoms with E-state index >= 15 is 0 Å². The molecule has 2 aromatic heterocycles. The molecule has 3 aromatic rings. The number of thiophene rings is 1. The van der Waals surface area contributed by atoms with Crippen molar-refractivity contribution >= 4 is 40.4 Å². The van der Waals surface area contributed by atoms with Gasteiger partial charge in [-0.1, -0.05) is 17.7 Å². The van der Waals surface area contributed by atoms with Crippen LogP contribution in [0.5, 0.6) is 0 Å². The number of benzene rings is 1. The van der Waals surface area contributed by atoms with Crippen LogP contribution in [-0.2, 0) is 6.42 Å². The molecule has 2 saturated heterocycles. The number of pyridine rings is 1. The second-order valence-corrected chi connectivity index (χ2v) is 11.9. The van der Waals surface area contributed by atoms with Crippen LogP contribution >= 0.6 is 22.9 Å². The molecule has 6 nitrogen and oxygen atoms in total. The number of carbonyl (C=O) groups is 2. The third-order valence-corrected chi connectivity index (χ3v) is 9.89. The Kier molecular flexibility index (Phi) is 6.67. The normalized spacial score (nSPS) is 20.6. The zero-order valence-corrected chi connectivity index (χ0v) is 22.4. The zero-order valence-electron chi connectivity index (χ0n) is 20.8. The maximum Gasteiger partial charge on any atom is 0.263 e. The van der Waals surface area contributed by atoms with E-state index in [0.29, 0.717) is 15.3 Å². The van der Waals surface area contributed by atoms with Gasteiger partial charge in [0.05, 0.1) is 22.9 Å². The highest BCUT2D eigenvalue weighted by molar-refractivity contribution is 7.12. The zero-order chi connectivity index (χ0) is 25.4. The highest BCUT2D eigenvalue weighted by atomic mass is 35.5. The number of anilines is 1. The molecular formula is C29H31ClN4O2S. The van der Waals surface area contributed by atoms with Crippen LogP contribution < -0.4 is 10.2 Å². The predicted octanol–water partition coefficient (Wildman–Crippen LogP) is 5.74. The van der Waals surface area contributed by atoms with E-state index in [1.54, 1.807) is 6.07 Å². The minimum Gasteiger partial charge on any atom is -0.370 e. The molecule has 0 saturated carbocycles. The first-order valence-electron chi connectivity index (χ1n) is 13.1. The van der Waals surface area contributed by atoms with Crippen molar-refractivity contribution in [3.63, 3.8) is 0 Å². The number of fused-ring (bicyclic) bond motifs is 1. The molecule has 1 spiro atoms. The fraction of sp³-hybridized carbons (Fsp3) is 0.414. The first-order valence-corrected chi connectivity index (χ1v) is 14.4. The molecule has 6 rings (SSSR count). The Bertz CT molecular complexity index is 1290. The molecule has 2 fully saturated rings. The summed E-state index contributed by atoms with van der Waals surface area (Å²) in [6, 6.07) is 11.8. The number of piperidine rings is 2. The van der Waals surface area contributed by atoms with E-state index in [2.05, 4.69) is 27.3 Å². The van der Waals surface area contributed by atoms with Crippen molar-refractivity contribution in [2.45, 2.75) is 44.6 Å². The maximum atomic E-state index is 13.5. The van der Waals surface area contributed by atoms with Gasteiger partial charge in [0.1, 0.15) is 4.88 Å². The van der Waals surface area contributed by atoms with E-state index in [0.717, 1.165) is 63.0 Å². The third-order valence-electron chi connectivity index (χ3n) is 8.55. The lowest BCUT2D eigenvalue weighted by atomic mass is 9.71. The number of halogens is 1. The van der Waals surface area contributed by atoms with Crippen molar-refractivity contribution < 1.29 is 9.59 Å². The van der Waals surface area contributed by atoms with Crippen molar-refractivity contribution in [1.82, 2.24) is 15.2 Å². The minimum absolute atomic E-state index is 0.0944. The Balaban J connectivity index is 1.08. The molecular weight excluding hydrogens is 504 g/mol. The van der Waals surface area contributed by atoms with Crippen LogP contribution in [0.15, 0.2) is 54.2 Å². The lowest BCUT2D eigenvalue weighted by Crippen LogP contribution is -2.48. The van der Waals surface area contributed by atoms with Crippen LogP contribution in [0.4, 0.5) is 5.69 Å². The Morgan fingerprint density at radius 3 is 2.54 bits per heavy atom. The summed E-state index contributed by atoms with van der Waals surface area (Å²) in [5.41, 5.74) is 4.53. The van der Waals surface area contributed by atoms with E-state index in [-0.39, 0.29) is 17.9 Å². The van der Waals surface area contributed by atoms with Gasteiger partial charge in [-0.15, -0.1) is 11.3 Å². The number of aryl methyl sites for hydroxylation is 1. The van der Waals surface area contributed by atoms with Gasteiger partial charge in [0.15, 0.2) is 0 Å². The Morgan fingerprint density at radius 2 is 1.84 bits per heavy atom. The average Bonchev–Trinajstić information content (AvgIpc) is 3.55. The molecule has 3 aliphatic rings. The quantitative estimate of drug-likeness (QED) is 0.464. The van der Waals surface area contributed by atoms with Gasteiger partial charge in [0.25, 0.3) is 11.8 Å². The third kappa shape index (κ3) is 4.87. The fourth-order valence-corrected chi connectivity index (χ4v) is 7.26. The molecule has 1 atom stereocenters. The minimum atomic E-state index is -0.148. The van der Waals surface area contributed by atoms with Gasteiger partial charge >= 0.3 is 0 Å². The standard InChI is InChI=1S/C29H31ClN4O2S/c30-24-7-17-37-26(24)27(35)32-25-6-5-20-3-4-21(18-23(20)25)28(36)34-15-10-29(11-16-34)8-13-33(14-9-29)22-2-1-12-31-19-22/h1-4,7,12,17-19,25H,5-6,8-11,13-16H2,(H,32,35). The van der Waals surface area contributed by atoms with E-state index in [1.165, 1.54) is 35.4 Å². The van der Waals surface area contributed by atoms with Crippen LogP contribution in [0.3, 0.4) is 0 Å². The fourth-order valence-electron chi connectivity index (χ4n) is 6.21.